The van der Waals surface area contributed by atoms with Crippen LogP contribution in [0.3, 0.4) is 0 Å². The molecule has 0 aliphatic heterocycles. The first-order chi connectivity index (χ1) is 11.5. The third-order valence-electron chi connectivity index (χ3n) is 3.42. The molecule has 0 saturated heterocycles. The third-order valence-corrected chi connectivity index (χ3v) is 3.42. The van der Waals surface area contributed by atoms with E-state index in [2.05, 4.69) is 24.2 Å². The Bertz CT molecular complexity index is 823. The Labute approximate surface area is 140 Å². The van der Waals surface area contributed by atoms with E-state index >= 15 is 0 Å². The molecule has 0 aliphatic carbocycles. The number of phenols is 2. The number of aromatic hydroxyl groups is 2. The normalized spacial score (nSPS) is 12.4. The molecule has 0 amide bonds. The first-order valence-corrected chi connectivity index (χ1v) is 7.34. The molecule has 0 saturated carbocycles. The summed E-state index contributed by atoms with van der Waals surface area (Å²) in [6.07, 6.45) is -1.78. The van der Waals surface area contributed by atoms with Gasteiger partial charge in [0, 0.05) is 6.42 Å². The number of hydrogen-bond donors (Lipinski definition) is 4. The van der Waals surface area contributed by atoms with Crippen LogP contribution in [0.25, 0.3) is 0 Å². The van der Waals surface area contributed by atoms with Crippen LogP contribution in [-0.4, -0.2) is 20.4 Å². The maximum atomic E-state index is 10.3. The number of benzene rings is 2. The van der Waals surface area contributed by atoms with E-state index in [1.807, 2.05) is 0 Å². The predicted octanol–water partition coefficient (Wildman–Crippen LogP) is 2.97. The van der Waals surface area contributed by atoms with Crippen molar-refractivity contribution in [3.63, 3.8) is 0 Å². The summed E-state index contributed by atoms with van der Waals surface area (Å²) in [7, 11) is 0. The van der Waals surface area contributed by atoms with Gasteiger partial charge in [0.1, 0.15) is 17.6 Å². The molecule has 0 fully saturated rings. The van der Waals surface area contributed by atoms with Gasteiger partial charge in [-0.15, -0.1) is 5.73 Å². The largest absolute Gasteiger partial charge is 0.508 e. The summed E-state index contributed by atoms with van der Waals surface area (Å²) in [4.78, 5) is 0. The van der Waals surface area contributed by atoms with Crippen molar-refractivity contribution in [2.45, 2.75) is 18.6 Å². The number of aliphatic hydroxyl groups is 2. The Hall–Kier alpha value is -2.96. The van der Waals surface area contributed by atoms with Crippen molar-refractivity contribution in [2.75, 3.05) is 0 Å². The van der Waals surface area contributed by atoms with Gasteiger partial charge in [0.05, 0.1) is 11.7 Å². The molecule has 2 aromatic carbocycles. The Balaban J connectivity index is 2.09. The first kappa shape index (κ1) is 17.4. The summed E-state index contributed by atoms with van der Waals surface area (Å²) < 4.78 is 0. The van der Waals surface area contributed by atoms with Crippen molar-refractivity contribution >= 4 is 0 Å². The summed E-state index contributed by atoms with van der Waals surface area (Å²) in [6, 6.07) is 12.5. The van der Waals surface area contributed by atoms with Crippen LogP contribution in [0.5, 0.6) is 11.5 Å². The van der Waals surface area contributed by atoms with Gasteiger partial charge in [-0.1, -0.05) is 42.7 Å². The molecule has 0 aromatic heterocycles. The Morgan fingerprint density at radius 3 is 2.12 bits per heavy atom. The van der Waals surface area contributed by atoms with E-state index in [0.717, 1.165) is 0 Å². The van der Waals surface area contributed by atoms with Crippen molar-refractivity contribution in [2.24, 2.45) is 0 Å². The minimum atomic E-state index is -1.06. The molecule has 2 aromatic rings. The molecule has 0 radical (unpaired) electrons. The van der Waals surface area contributed by atoms with E-state index in [0.29, 0.717) is 11.1 Å². The molecule has 4 N–H and O–H groups in total. The molecule has 122 valence electrons. The maximum Gasteiger partial charge on any atom is 0.119 e. The fraction of sp³-hybridized carbons (Fsp3) is 0.150. The minimum absolute atomic E-state index is 0.0437. The molecule has 4 heteroatoms. The average molecular weight is 322 g/mol. The molecule has 0 spiro atoms. The zero-order chi connectivity index (χ0) is 17.5. The van der Waals surface area contributed by atoms with Crippen molar-refractivity contribution < 1.29 is 20.4 Å². The van der Waals surface area contributed by atoms with Crippen molar-refractivity contribution in [1.29, 1.82) is 0 Å². The summed E-state index contributed by atoms with van der Waals surface area (Å²) >= 11 is 0. The zero-order valence-corrected chi connectivity index (χ0v) is 13.0. The standard InChI is InChI=1S/C20H18O4/c1-2-14(20(24)16-8-4-10-18(22)13-16)6-5-11-19(23)15-7-3-9-17(21)12-15/h3-4,7-10,12-13,19-24H,1,11H2. The summed E-state index contributed by atoms with van der Waals surface area (Å²) in [5, 5.41) is 39.2. The van der Waals surface area contributed by atoms with Crippen molar-refractivity contribution in [3.8, 4) is 23.3 Å². The third kappa shape index (κ3) is 4.52. The lowest BCUT2D eigenvalue weighted by molar-refractivity contribution is 0.183. The Morgan fingerprint density at radius 1 is 0.958 bits per heavy atom. The highest BCUT2D eigenvalue weighted by Crippen LogP contribution is 2.24. The van der Waals surface area contributed by atoms with E-state index in [-0.39, 0.29) is 23.5 Å². The summed E-state index contributed by atoms with van der Waals surface area (Å²) in [6.45, 7) is 3.51. The van der Waals surface area contributed by atoms with E-state index in [9.17, 15) is 20.4 Å². The second-order valence-corrected chi connectivity index (χ2v) is 5.20. The molecular weight excluding hydrogens is 304 g/mol. The molecule has 2 unspecified atom stereocenters. The van der Waals surface area contributed by atoms with Crippen LogP contribution >= 0.6 is 0 Å². The molecule has 4 nitrogen and oxygen atoms in total. The molecule has 24 heavy (non-hydrogen) atoms. The van der Waals surface area contributed by atoms with Gasteiger partial charge in [0.25, 0.3) is 0 Å². The van der Waals surface area contributed by atoms with Crippen molar-refractivity contribution in [1.82, 2.24) is 0 Å². The fourth-order valence-electron chi connectivity index (χ4n) is 2.16. The average Bonchev–Trinajstić information content (AvgIpc) is 2.58. The first-order valence-electron chi connectivity index (χ1n) is 7.34. The summed E-state index contributed by atoms with van der Waals surface area (Å²) in [5.74, 6) is 5.64. The van der Waals surface area contributed by atoms with E-state index in [4.69, 9.17) is 0 Å². The highest BCUT2D eigenvalue weighted by Gasteiger charge is 2.12. The van der Waals surface area contributed by atoms with Gasteiger partial charge in [0.15, 0.2) is 0 Å². The van der Waals surface area contributed by atoms with Crippen LogP contribution in [-0.2, 0) is 0 Å². The number of phenolic OH excluding ortho intramolecular Hbond substituents is 2. The topological polar surface area (TPSA) is 80.9 Å². The predicted molar refractivity (Wildman–Crippen MR) is 91.2 cm³/mol. The van der Waals surface area contributed by atoms with E-state index in [1.165, 1.54) is 24.3 Å². The van der Waals surface area contributed by atoms with Crippen LogP contribution in [0.1, 0.15) is 29.8 Å². The summed E-state index contributed by atoms with van der Waals surface area (Å²) in [5.41, 5.74) is 3.87. The number of aliphatic hydroxyl groups excluding tert-OH is 2. The smallest absolute Gasteiger partial charge is 0.119 e. The minimum Gasteiger partial charge on any atom is -0.508 e. The highest BCUT2D eigenvalue weighted by molar-refractivity contribution is 5.40. The van der Waals surface area contributed by atoms with Gasteiger partial charge in [-0.2, -0.15) is 0 Å². The lowest BCUT2D eigenvalue weighted by Crippen LogP contribution is -2.00. The number of hydrogen-bond acceptors (Lipinski definition) is 4. The molecule has 0 aliphatic rings. The lowest BCUT2D eigenvalue weighted by Gasteiger charge is -2.10. The Morgan fingerprint density at radius 2 is 1.54 bits per heavy atom. The molecule has 2 atom stereocenters. The lowest BCUT2D eigenvalue weighted by atomic mass is 10.0. The Kier molecular flexibility index (Phi) is 5.83. The zero-order valence-electron chi connectivity index (χ0n) is 13.0. The van der Waals surface area contributed by atoms with E-state index < -0.39 is 12.2 Å². The molecule has 0 bridgehead atoms. The van der Waals surface area contributed by atoms with Gasteiger partial charge in [0.2, 0.25) is 0 Å². The van der Waals surface area contributed by atoms with E-state index in [1.54, 1.807) is 24.3 Å². The molecular formula is C20H18O4. The van der Waals surface area contributed by atoms with Crippen LogP contribution in [0.4, 0.5) is 0 Å². The number of rotatable bonds is 4. The van der Waals surface area contributed by atoms with Gasteiger partial charge >= 0.3 is 0 Å². The highest BCUT2D eigenvalue weighted by atomic mass is 16.3. The quantitative estimate of drug-likeness (QED) is 0.515. The van der Waals surface area contributed by atoms with Gasteiger partial charge in [-0.3, -0.25) is 0 Å². The van der Waals surface area contributed by atoms with Crippen molar-refractivity contribution in [3.05, 3.63) is 77.5 Å². The molecule has 0 heterocycles. The monoisotopic (exact) mass is 322 g/mol. The van der Waals surface area contributed by atoms with Crippen LogP contribution in [0, 0.1) is 11.8 Å². The SMILES string of the molecule is C=C=C(C#CCC(O)c1cccc(O)c1)C(O)c1cccc(O)c1. The van der Waals surface area contributed by atoms with Gasteiger partial charge in [-0.05, 0) is 35.4 Å². The van der Waals surface area contributed by atoms with Gasteiger partial charge in [-0.25, -0.2) is 0 Å². The van der Waals surface area contributed by atoms with Crippen LogP contribution in [0.2, 0.25) is 0 Å². The van der Waals surface area contributed by atoms with Crippen LogP contribution < -0.4 is 0 Å². The second kappa shape index (κ2) is 8.05. The van der Waals surface area contributed by atoms with Crippen LogP contribution in [0.15, 0.2) is 66.4 Å². The fourth-order valence-corrected chi connectivity index (χ4v) is 2.16. The van der Waals surface area contributed by atoms with Gasteiger partial charge < -0.3 is 20.4 Å². The molecule has 2 rings (SSSR count). The maximum absolute atomic E-state index is 10.3. The second-order valence-electron chi connectivity index (χ2n) is 5.20.